The average molecular weight is 260 g/mol. The highest BCUT2D eigenvalue weighted by Gasteiger charge is 2.06. The summed E-state index contributed by atoms with van der Waals surface area (Å²) in [7, 11) is 0. The molecule has 0 aliphatic carbocycles. The summed E-state index contributed by atoms with van der Waals surface area (Å²) in [5, 5.41) is 7.22. The van der Waals surface area contributed by atoms with Gasteiger partial charge in [0.15, 0.2) is 0 Å². The zero-order valence-electron chi connectivity index (χ0n) is 6.24. The lowest BCUT2D eigenvalue weighted by molar-refractivity contribution is 0.568. The fourth-order valence-electron chi connectivity index (χ4n) is 0.811. The quantitative estimate of drug-likeness (QED) is 0.790. The van der Waals surface area contributed by atoms with Gasteiger partial charge in [0, 0.05) is 10.7 Å². The molecule has 2 heterocycles. The Morgan fingerprint density at radius 3 is 2.69 bits per heavy atom. The Morgan fingerprint density at radius 1 is 1.31 bits per heavy atom. The number of rotatable bonds is 1. The van der Waals surface area contributed by atoms with E-state index in [2.05, 4.69) is 31.1 Å². The van der Waals surface area contributed by atoms with Crippen molar-refractivity contribution in [2.45, 2.75) is 0 Å². The molecule has 0 aliphatic rings. The Kier molecular flexibility index (Phi) is 2.28. The normalized spacial score (nSPS) is 10.3. The highest BCUT2D eigenvalue weighted by Crippen LogP contribution is 2.18. The van der Waals surface area contributed by atoms with Gasteiger partial charge in [-0.2, -0.15) is 0 Å². The third-order valence-electron chi connectivity index (χ3n) is 1.35. The van der Waals surface area contributed by atoms with E-state index in [9.17, 15) is 0 Å². The topological polar surface area (TPSA) is 51.8 Å². The fourth-order valence-corrected chi connectivity index (χ4v) is 1.16. The third-order valence-corrected chi connectivity index (χ3v) is 1.97. The van der Waals surface area contributed by atoms with Crippen LogP contribution in [0.15, 0.2) is 27.2 Å². The minimum absolute atomic E-state index is 0.0136. The van der Waals surface area contributed by atoms with Crippen LogP contribution in [-0.4, -0.2) is 15.2 Å². The minimum Gasteiger partial charge on any atom is -0.406 e. The molecule has 0 aromatic carbocycles. The summed E-state index contributed by atoms with van der Waals surface area (Å²) in [4.78, 5) is 4.06. The molecule has 0 radical (unpaired) electrons. The Hall–Kier alpha value is -0.940. The first kappa shape index (κ1) is 8.65. The molecule has 66 valence electrons. The fraction of sp³-hybridized carbons (Fsp3) is 0. The lowest BCUT2D eigenvalue weighted by Gasteiger charge is -1.92. The van der Waals surface area contributed by atoms with E-state index in [1.54, 1.807) is 12.3 Å². The number of halogens is 2. The first-order valence-corrected chi connectivity index (χ1v) is 4.54. The molecule has 0 unspecified atom stereocenters. The molecule has 0 N–H and O–H groups in total. The lowest BCUT2D eigenvalue weighted by Crippen LogP contribution is -1.82. The highest BCUT2D eigenvalue weighted by molar-refractivity contribution is 9.10. The van der Waals surface area contributed by atoms with Crippen molar-refractivity contribution in [2.75, 3.05) is 0 Å². The number of hydrogen-bond donors (Lipinski definition) is 0. The monoisotopic (exact) mass is 259 g/mol. The number of nitrogens with zero attached hydrogens (tertiary/aromatic N) is 3. The van der Waals surface area contributed by atoms with Crippen molar-refractivity contribution in [2.24, 2.45) is 0 Å². The maximum Gasteiger partial charge on any atom is 0.313 e. The maximum absolute atomic E-state index is 5.46. The maximum atomic E-state index is 5.46. The van der Waals surface area contributed by atoms with E-state index in [4.69, 9.17) is 16.0 Å². The van der Waals surface area contributed by atoms with Crippen LogP contribution in [0.4, 0.5) is 0 Å². The molecule has 2 rings (SSSR count). The zero-order chi connectivity index (χ0) is 9.26. The van der Waals surface area contributed by atoms with Gasteiger partial charge >= 0.3 is 5.35 Å². The van der Waals surface area contributed by atoms with Crippen LogP contribution < -0.4 is 0 Å². The first-order chi connectivity index (χ1) is 6.25. The summed E-state index contributed by atoms with van der Waals surface area (Å²) < 4.78 is 5.87. The third kappa shape index (κ3) is 1.87. The second kappa shape index (κ2) is 3.43. The largest absolute Gasteiger partial charge is 0.406 e. The summed E-state index contributed by atoms with van der Waals surface area (Å²) in [5.41, 5.74) is 0.600. The van der Waals surface area contributed by atoms with Gasteiger partial charge in [-0.3, -0.25) is 0 Å². The smallest absolute Gasteiger partial charge is 0.313 e. The van der Waals surface area contributed by atoms with Crippen molar-refractivity contribution >= 4 is 27.5 Å². The highest BCUT2D eigenvalue weighted by atomic mass is 79.9. The van der Waals surface area contributed by atoms with Gasteiger partial charge in [-0.25, -0.2) is 4.98 Å². The van der Waals surface area contributed by atoms with Crippen LogP contribution in [0.25, 0.3) is 11.6 Å². The Balaban J connectivity index is 2.41. The van der Waals surface area contributed by atoms with E-state index in [1.165, 1.54) is 0 Å². The molecule has 0 saturated carbocycles. The lowest BCUT2D eigenvalue weighted by atomic mass is 10.3. The molecular weight excluding hydrogens is 257 g/mol. The van der Waals surface area contributed by atoms with Crippen LogP contribution in [0.5, 0.6) is 0 Å². The van der Waals surface area contributed by atoms with Gasteiger partial charge < -0.3 is 4.42 Å². The summed E-state index contributed by atoms with van der Waals surface area (Å²) in [6.45, 7) is 0. The molecule has 6 heteroatoms. The van der Waals surface area contributed by atoms with Crippen LogP contribution in [0, 0.1) is 0 Å². The van der Waals surface area contributed by atoms with Gasteiger partial charge in [0.25, 0.3) is 5.89 Å². The SMILES string of the molecule is Clc1nnc(-c2ccc(Br)cn2)o1. The molecule has 2 aromatic heterocycles. The van der Waals surface area contributed by atoms with Crippen LogP contribution in [0.1, 0.15) is 0 Å². The second-order valence-corrected chi connectivity index (χ2v) is 3.46. The molecule has 0 bridgehead atoms. The molecule has 2 aromatic rings. The van der Waals surface area contributed by atoms with Crippen molar-refractivity contribution in [3.63, 3.8) is 0 Å². The van der Waals surface area contributed by atoms with E-state index in [0.717, 1.165) is 4.47 Å². The standard InChI is InChI=1S/C7H3BrClN3O/c8-4-1-2-5(10-3-4)6-11-12-7(9)13-6/h1-3H. The molecule has 0 fully saturated rings. The number of aromatic nitrogens is 3. The van der Waals surface area contributed by atoms with Gasteiger partial charge in [0.05, 0.1) is 0 Å². The second-order valence-electron chi connectivity index (χ2n) is 2.22. The van der Waals surface area contributed by atoms with Crippen LogP contribution in [-0.2, 0) is 0 Å². The molecule has 0 atom stereocenters. The number of pyridine rings is 1. The molecule has 4 nitrogen and oxygen atoms in total. The molecule has 0 saturated heterocycles. The molecule has 0 amide bonds. The summed E-state index contributed by atoms with van der Waals surface area (Å²) >= 11 is 8.73. The predicted molar refractivity (Wildman–Crippen MR) is 50.2 cm³/mol. The summed E-state index contributed by atoms with van der Waals surface area (Å²) in [6.07, 6.45) is 1.65. The Labute approximate surface area is 87.1 Å². The van der Waals surface area contributed by atoms with Crippen molar-refractivity contribution in [3.8, 4) is 11.6 Å². The first-order valence-electron chi connectivity index (χ1n) is 3.36. The Morgan fingerprint density at radius 2 is 2.15 bits per heavy atom. The van der Waals surface area contributed by atoms with Crippen molar-refractivity contribution in [3.05, 3.63) is 28.2 Å². The van der Waals surface area contributed by atoms with Gasteiger partial charge in [0.2, 0.25) is 0 Å². The minimum atomic E-state index is 0.0136. The predicted octanol–water partition coefficient (Wildman–Crippen LogP) is 2.55. The van der Waals surface area contributed by atoms with Gasteiger partial charge in [-0.15, -0.1) is 5.10 Å². The van der Waals surface area contributed by atoms with Crippen molar-refractivity contribution in [1.82, 2.24) is 15.2 Å². The molecular formula is C7H3BrClN3O. The van der Waals surface area contributed by atoms with E-state index < -0.39 is 0 Å². The summed E-state index contributed by atoms with van der Waals surface area (Å²) in [5.74, 6) is 0.317. The van der Waals surface area contributed by atoms with Crippen LogP contribution in [0.3, 0.4) is 0 Å². The molecule has 0 aliphatic heterocycles. The average Bonchev–Trinajstić information content (AvgIpc) is 2.53. The zero-order valence-corrected chi connectivity index (χ0v) is 8.58. The van der Waals surface area contributed by atoms with E-state index in [-0.39, 0.29) is 5.35 Å². The van der Waals surface area contributed by atoms with Crippen LogP contribution >= 0.6 is 27.5 Å². The van der Waals surface area contributed by atoms with E-state index >= 15 is 0 Å². The molecule has 0 spiro atoms. The van der Waals surface area contributed by atoms with E-state index in [1.807, 2.05) is 6.07 Å². The molecule has 13 heavy (non-hydrogen) atoms. The van der Waals surface area contributed by atoms with Crippen molar-refractivity contribution < 1.29 is 4.42 Å². The van der Waals surface area contributed by atoms with Crippen LogP contribution in [0.2, 0.25) is 5.35 Å². The number of hydrogen-bond acceptors (Lipinski definition) is 4. The van der Waals surface area contributed by atoms with Gasteiger partial charge in [-0.1, -0.05) is 5.10 Å². The Bertz CT molecular complexity index is 414. The van der Waals surface area contributed by atoms with E-state index in [0.29, 0.717) is 11.6 Å². The summed E-state index contributed by atoms with van der Waals surface area (Å²) in [6, 6.07) is 3.59. The van der Waals surface area contributed by atoms with Crippen molar-refractivity contribution in [1.29, 1.82) is 0 Å². The van der Waals surface area contributed by atoms with Gasteiger partial charge in [-0.05, 0) is 39.7 Å². The van der Waals surface area contributed by atoms with Gasteiger partial charge in [0.1, 0.15) is 5.69 Å².